The third kappa shape index (κ3) is 2.99. The Kier molecular flexibility index (Phi) is 4.01. The molecule has 0 amide bonds. The summed E-state index contributed by atoms with van der Waals surface area (Å²) in [4.78, 5) is 14.9. The van der Waals surface area contributed by atoms with E-state index in [9.17, 15) is 0 Å². The van der Waals surface area contributed by atoms with Crippen LogP contribution in [-0.2, 0) is 0 Å². The molecule has 0 bridgehead atoms. The molecule has 33 heavy (non-hydrogen) atoms. The number of fused-ring (bicyclic) bond motifs is 5. The molecule has 7 aromatic rings. The van der Waals surface area contributed by atoms with Gasteiger partial charge in [0.2, 0.25) is 0 Å². The molecule has 0 radical (unpaired) electrons. The molecule has 0 unspecified atom stereocenters. The zero-order valence-corrected chi connectivity index (χ0v) is 18.4. The second kappa shape index (κ2) is 7.19. The van der Waals surface area contributed by atoms with Gasteiger partial charge in [0.1, 0.15) is 5.69 Å². The van der Waals surface area contributed by atoms with E-state index in [2.05, 4.69) is 66.7 Å². The normalized spacial score (nSPS) is 11.6. The number of rotatable bonds is 2. The molecule has 0 aliphatic carbocycles. The van der Waals surface area contributed by atoms with Crippen LogP contribution in [0.5, 0.6) is 0 Å². The Balaban J connectivity index is 1.46. The van der Waals surface area contributed by atoms with Crippen LogP contribution in [0.4, 0.5) is 0 Å². The lowest BCUT2D eigenvalue weighted by atomic mass is 10.1. The summed E-state index contributed by atoms with van der Waals surface area (Å²) in [5, 5.41) is 4.70. The van der Waals surface area contributed by atoms with Gasteiger partial charge in [0.25, 0.3) is 0 Å². The van der Waals surface area contributed by atoms with Crippen LogP contribution in [0.15, 0.2) is 103 Å². The Bertz CT molecular complexity index is 1830. The van der Waals surface area contributed by atoms with Crippen molar-refractivity contribution < 1.29 is 0 Å². The number of aromatic nitrogens is 3. The highest BCUT2D eigenvalue weighted by Crippen LogP contribution is 2.36. The number of pyridine rings is 1. The van der Waals surface area contributed by atoms with Crippen LogP contribution in [0.1, 0.15) is 0 Å². The highest BCUT2D eigenvalue weighted by molar-refractivity contribution is 7.25. The predicted octanol–water partition coefficient (Wildman–Crippen LogP) is 7.88. The first-order valence-electron chi connectivity index (χ1n) is 10.9. The van der Waals surface area contributed by atoms with Crippen LogP contribution in [0.3, 0.4) is 0 Å². The molecule has 0 atom stereocenters. The lowest BCUT2D eigenvalue weighted by Gasteiger charge is -2.09. The van der Waals surface area contributed by atoms with Crippen LogP contribution < -0.4 is 0 Å². The lowest BCUT2D eigenvalue weighted by Crippen LogP contribution is -1.96. The maximum Gasteiger partial charge on any atom is 0.160 e. The van der Waals surface area contributed by atoms with E-state index in [1.165, 1.54) is 20.2 Å². The first kappa shape index (κ1) is 18.4. The van der Waals surface area contributed by atoms with Crippen LogP contribution in [0, 0.1) is 0 Å². The molecule has 4 heteroatoms. The molecule has 0 N–H and O–H groups in total. The second-order valence-corrected chi connectivity index (χ2v) is 9.20. The third-order valence-electron chi connectivity index (χ3n) is 6.08. The lowest BCUT2D eigenvalue weighted by molar-refractivity contribution is 1.21. The summed E-state index contributed by atoms with van der Waals surface area (Å²) in [5.41, 5.74) is 4.62. The van der Waals surface area contributed by atoms with Crippen molar-refractivity contribution in [1.82, 2.24) is 15.0 Å². The molecular weight excluding hydrogens is 422 g/mol. The maximum absolute atomic E-state index is 5.04. The van der Waals surface area contributed by atoms with E-state index >= 15 is 0 Å². The van der Waals surface area contributed by atoms with Gasteiger partial charge in [-0.1, -0.05) is 72.8 Å². The summed E-state index contributed by atoms with van der Waals surface area (Å²) in [6.07, 6.45) is 0. The molecule has 0 saturated carbocycles. The Morgan fingerprint density at radius 2 is 1.27 bits per heavy atom. The number of hydrogen-bond acceptors (Lipinski definition) is 4. The molecule has 7 rings (SSSR count). The molecule has 4 aromatic carbocycles. The summed E-state index contributed by atoms with van der Waals surface area (Å²) in [7, 11) is 0. The zero-order valence-electron chi connectivity index (χ0n) is 17.6. The minimum atomic E-state index is 0.720. The molecule has 3 aromatic heterocycles. The Labute approximate surface area is 194 Å². The second-order valence-electron chi connectivity index (χ2n) is 8.11. The fourth-order valence-electron chi connectivity index (χ4n) is 4.46. The van der Waals surface area contributed by atoms with Gasteiger partial charge in [0, 0.05) is 36.5 Å². The molecule has 154 valence electrons. The van der Waals surface area contributed by atoms with Crippen LogP contribution in [0.25, 0.3) is 64.8 Å². The summed E-state index contributed by atoms with van der Waals surface area (Å²) in [6, 6.07) is 35.6. The quantitative estimate of drug-likeness (QED) is 0.275. The standard InChI is InChI=1S/C29H17N3S/c1-4-10-23-18(7-1)14-16-25(30-23)28-22-9-2-5-11-24(22)31-29(32-28)19-13-15-21-20-8-3-6-12-26(20)33-27(21)17-19/h1-17H. The van der Waals surface area contributed by atoms with E-state index in [1.54, 1.807) is 0 Å². The van der Waals surface area contributed by atoms with E-state index < -0.39 is 0 Å². The van der Waals surface area contributed by atoms with Crippen molar-refractivity contribution in [3.63, 3.8) is 0 Å². The van der Waals surface area contributed by atoms with Crippen molar-refractivity contribution in [3.8, 4) is 22.8 Å². The number of hydrogen-bond donors (Lipinski definition) is 0. The molecular formula is C29H17N3S. The molecule has 3 nitrogen and oxygen atoms in total. The summed E-state index contributed by atoms with van der Waals surface area (Å²) in [6.45, 7) is 0. The van der Waals surface area contributed by atoms with Crippen molar-refractivity contribution in [3.05, 3.63) is 103 Å². The van der Waals surface area contributed by atoms with Gasteiger partial charge >= 0.3 is 0 Å². The Morgan fingerprint density at radius 3 is 2.21 bits per heavy atom. The average molecular weight is 440 g/mol. The first-order valence-corrected chi connectivity index (χ1v) is 11.7. The highest BCUT2D eigenvalue weighted by atomic mass is 32.1. The molecule has 0 aliphatic heterocycles. The highest BCUT2D eigenvalue weighted by Gasteiger charge is 2.14. The maximum atomic E-state index is 5.04. The number of benzene rings is 4. The van der Waals surface area contributed by atoms with Gasteiger partial charge in [-0.05, 0) is 30.3 Å². The van der Waals surface area contributed by atoms with E-state index in [1.807, 2.05) is 47.7 Å². The first-order chi connectivity index (χ1) is 16.3. The summed E-state index contributed by atoms with van der Waals surface area (Å²) >= 11 is 1.81. The van der Waals surface area contributed by atoms with Crippen molar-refractivity contribution in [2.75, 3.05) is 0 Å². The topological polar surface area (TPSA) is 38.7 Å². The van der Waals surface area contributed by atoms with Crippen molar-refractivity contribution in [2.45, 2.75) is 0 Å². The van der Waals surface area contributed by atoms with Gasteiger partial charge < -0.3 is 0 Å². The van der Waals surface area contributed by atoms with E-state index in [-0.39, 0.29) is 0 Å². The minimum absolute atomic E-state index is 0.720. The molecule has 0 spiro atoms. The largest absolute Gasteiger partial charge is 0.246 e. The summed E-state index contributed by atoms with van der Waals surface area (Å²) < 4.78 is 2.54. The monoisotopic (exact) mass is 439 g/mol. The van der Waals surface area contributed by atoms with Gasteiger partial charge in [0.05, 0.1) is 16.7 Å². The molecule has 3 heterocycles. The van der Waals surface area contributed by atoms with Crippen molar-refractivity contribution in [1.29, 1.82) is 0 Å². The number of thiophene rings is 1. The van der Waals surface area contributed by atoms with Gasteiger partial charge in [0.15, 0.2) is 5.82 Å². The molecule has 0 aliphatic rings. The SMILES string of the molecule is c1ccc2nc(-c3nc(-c4ccc5c(c4)sc4ccccc45)nc4ccccc34)ccc2c1. The number of nitrogens with zero attached hydrogens (tertiary/aromatic N) is 3. The van der Waals surface area contributed by atoms with Crippen LogP contribution in [0.2, 0.25) is 0 Å². The van der Waals surface area contributed by atoms with Crippen LogP contribution >= 0.6 is 11.3 Å². The zero-order chi connectivity index (χ0) is 21.8. The average Bonchev–Trinajstić information content (AvgIpc) is 3.25. The smallest absolute Gasteiger partial charge is 0.160 e. The fraction of sp³-hybridized carbons (Fsp3) is 0. The van der Waals surface area contributed by atoms with E-state index in [4.69, 9.17) is 15.0 Å². The van der Waals surface area contributed by atoms with Gasteiger partial charge in [-0.15, -0.1) is 11.3 Å². The molecule has 0 fully saturated rings. The summed E-state index contributed by atoms with van der Waals surface area (Å²) in [5.74, 6) is 0.720. The van der Waals surface area contributed by atoms with E-state index in [0.29, 0.717) is 0 Å². The van der Waals surface area contributed by atoms with Gasteiger partial charge in [-0.3, -0.25) is 0 Å². The van der Waals surface area contributed by atoms with Crippen molar-refractivity contribution >= 4 is 53.3 Å². The Morgan fingerprint density at radius 1 is 0.515 bits per heavy atom. The van der Waals surface area contributed by atoms with Gasteiger partial charge in [-0.2, -0.15) is 0 Å². The number of para-hydroxylation sites is 2. The minimum Gasteiger partial charge on any atom is -0.246 e. The van der Waals surface area contributed by atoms with Crippen LogP contribution in [-0.4, -0.2) is 15.0 Å². The Hall–Kier alpha value is -4.15. The predicted molar refractivity (Wildman–Crippen MR) is 139 cm³/mol. The van der Waals surface area contributed by atoms with E-state index in [0.717, 1.165) is 44.6 Å². The fourth-order valence-corrected chi connectivity index (χ4v) is 5.61. The third-order valence-corrected chi connectivity index (χ3v) is 7.21. The molecule has 0 saturated heterocycles. The van der Waals surface area contributed by atoms with Gasteiger partial charge in [-0.25, -0.2) is 15.0 Å². The van der Waals surface area contributed by atoms with Crippen molar-refractivity contribution in [2.24, 2.45) is 0 Å².